The summed E-state index contributed by atoms with van der Waals surface area (Å²) in [6.45, 7) is 3.10. The molecule has 0 saturated heterocycles. The summed E-state index contributed by atoms with van der Waals surface area (Å²) in [6, 6.07) is 4.30. The number of pyridine rings is 1. The summed E-state index contributed by atoms with van der Waals surface area (Å²) < 4.78 is 0. The minimum absolute atomic E-state index is 0.635. The lowest BCUT2D eigenvalue weighted by Gasteiger charge is -2.17. The molecule has 0 amide bonds. The first kappa shape index (κ1) is 14.2. The van der Waals surface area contributed by atoms with Gasteiger partial charge in [0.15, 0.2) is 0 Å². The van der Waals surface area contributed by atoms with Crippen molar-refractivity contribution in [3.8, 4) is 6.07 Å². The number of aryl methyl sites for hydroxylation is 2. The Bertz CT molecular complexity index is 479. The molecule has 1 atom stereocenters. The van der Waals surface area contributed by atoms with E-state index in [0.717, 1.165) is 31.6 Å². The smallest absolute Gasteiger partial charge is 0.144 e. The molecule has 102 valence electrons. The van der Waals surface area contributed by atoms with Crippen LogP contribution in [0.5, 0.6) is 0 Å². The van der Waals surface area contributed by atoms with Crippen LogP contribution in [0.25, 0.3) is 0 Å². The van der Waals surface area contributed by atoms with Crippen molar-refractivity contribution >= 4 is 17.6 Å². The topological polar surface area (TPSA) is 48.7 Å². The van der Waals surface area contributed by atoms with Crippen LogP contribution < -0.4 is 5.32 Å². The number of rotatable bonds is 5. The first-order valence-electron chi connectivity index (χ1n) is 6.94. The number of hydrogen-bond donors (Lipinski definition) is 1. The summed E-state index contributed by atoms with van der Waals surface area (Å²) in [5, 5.41) is 13.2. The number of nitrogens with one attached hydrogen (secondary N) is 1. The van der Waals surface area contributed by atoms with E-state index in [9.17, 15) is 5.26 Å². The van der Waals surface area contributed by atoms with Gasteiger partial charge in [0.25, 0.3) is 0 Å². The number of nitriles is 1. The molecule has 0 radical (unpaired) electrons. The number of fused-ring (bicyclic) bond motifs is 1. The lowest BCUT2D eigenvalue weighted by Crippen LogP contribution is -2.13. The minimum atomic E-state index is 0.635. The summed E-state index contributed by atoms with van der Waals surface area (Å²) in [5.41, 5.74) is 3.15. The van der Waals surface area contributed by atoms with E-state index in [4.69, 9.17) is 0 Å². The molecule has 1 aromatic rings. The molecule has 4 heteroatoms. The van der Waals surface area contributed by atoms with Gasteiger partial charge in [0.05, 0.1) is 5.56 Å². The van der Waals surface area contributed by atoms with Crippen molar-refractivity contribution in [2.45, 2.75) is 44.3 Å². The van der Waals surface area contributed by atoms with Gasteiger partial charge in [-0.2, -0.15) is 17.0 Å². The number of thioether (sulfide) groups is 1. The molecule has 1 N–H and O–H groups in total. The fraction of sp³-hybridized carbons (Fsp3) is 0.600. The second-order valence-electron chi connectivity index (χ2n) is 5.07. The van der Waals surface area contributed by atoms with Crippen LogP contribution in [-0.4, -0.2) is 23.0 Å². The average molecular weight is 275 g/mol. The fourth-order valence-electron chi connectivity index (χ4n) is 2.37. The molecular weight excluding hydrogens is 254 g/mol. The molecule has 0 aliphatic heterocycles. The first-order valence-corrected chi connectivity index (χ1v) is 8.23. The Kier molecular flexibility index (Phi) is 5.09. The Hall–Kier alpha value is -1.21. The van der Waals surface area contributed by atoms with Crippen LogP contribution >= 0.6 is 11.8 Å². The number of nitrogens with zero attached hydrogens (tertiary/aromatic N) is 2. The quantitative estimate of drug-likeness (QED) is 0.895. The van der Waals surface area contributed by atoms with E-state index in [1.165, 1.54) is 24.1 Å². The van der Waals surface area contributed by atoms with Crippen LogP contribution in [0.15, 0.2) is 6.07 Å². The van der Waals surface area contributed by atoms with Crippen molar-refractivity contribution in [2.75, 3.05) is 18.1 Å². The maximum absolute atomic E-state index is 9.24. The Morgan fingerprint density at radius 1 is 1.47 bits per heavy atom. The van der Waals surface area contributed by atoms with E-state index in [0.29, 0.717) is 10.8 Å². The first-order chi connectivity index (χ1) is 9.24. The van der Waals surface area contributed by atoms with Gasteiger partial charge in [-0.1, -0.05) is 6.92 Å². The highest BCUT2D eigenvalue weighted by Crippen LogP contribution is 2.24. The van der Waals surface area contributed by atoms with Crippen molar-refractivity contribution < 1.29 is 0 Å². The van der Waals surface area contributed by atoms with E-state index in [1.54, 1.807) is 0 Å². The van der Waals surface area contributed by atoms with Gasteiger partial charge in [0.1, 0.15) is 11.9 Å². The van der Waals surface area contributed by atoms with Crippen LogP contribution in [0.3, 0.4) is 0 Å². The SMILES string of the molecule is CSC(C)CCNc1nc2c(cc1C#N)CCCC2. The van der Waals surface area contributed by atoms with E-state index in [2.05, 4.69) is 29.5 Å². The van der Waals surface area contributed by atoms with Gasteiger partial charge < -0.3 is 5.32 Å². The van der Waals surface area contributed by atoms with E-state index in [-0.39, 0.29) is 0 Å². The van der Waals surface area contributed by atoms with Crippen molar-refractivity contribution in [1.82, 2.24) is 4.98 Å². The molecule has 1 unspecified atom stereocenters. The summed E-state index contributed by atoms with van der Waals surface area (Å²) in [5.74, 6) is 0.774. The van der Waals surface area contributed by atoms with Crippen LogP contribution in [0, 0.1) is 11.3 Å². The fourth-order valence-corrected chi connectivity index (χ4v) is 2.72. The number of anilines is 1. The molecule has 1 aromatic heterocycles. The largest absolute Gasteiger partial charge is 0.369 e. The van der Waals surface area contributed by atoms with Gasteiger partial charge in [-0.25, -0.2) is 4.98 Å². The third-order valence-electron chi connectivity index (χ3n) is 3.67. The van der Waals surface area contributed by atoms with Crippen molar-refractivity contribution in [1.29, 1.82) is 5.26 Å². The molecule has 19 heavy (non-hydrogen) atoms. The molecule has 0 bridgehead atoms. The maximum atomic E-state index is 9.24. The highest BCUT2D eigenvalue weighted by atomic mass is 32.2. The monoisotopic (exact) mass is 275 g/mol. The number of hydrogen-bond acceptors (Lipinski definition) is 4. The van der Waals surface area contributed by atoms with Crippen LogP contribution in [0.4, 0.5) is 5.82 Å². The zero-order valence-corrected chi connectivity index (χ0v) is 12.5. The Morgan fingerprint density at radius 3 is 3.00 bits per heavy atom. The lowest BCUT2D eigenvalue weighted by molar-refractivity contribution is 0.667. The molecule has 0 fully saturated rings. The molecule has 1 heterocycles. The maximum Gasteiger partial charge on any atom is 0.144 e. The molecule has 1 aliphatic rings. The Balaban J connectivity index is 2.09. The zero-order chi connectivity index (χ0) is 13.7. The van der Waals surface area contributed by atoms with Crippen LogP contribution in [0.1, 0.15) is 43.0 Å². The average Bonchev–Trinajstić information content (AvgIpc) is 2.46. The predicted molar refractivity (Wildman–Crippen MR) is 81.7 cm³/mol. The molecular formula is C15H21N3S. The van der Waals surface area contributed by atoms with Gasteiger partial charge in [-0.15, -0.1) is 0 Å². The molecule has 0 spiro atoms. The highest BCUT2D eigenvalue weighted by molar-refractivity contribution is 7.99. The summed E-state index contributed by atoms with van der Waals surface area (Å²) in [6.07, 6.45) is 7.78. The molecule has 3 nitrogen and oxygen atoms in total. The second kappa shape index (κ2) is 6.81. The van der Waals surface area contributed by atoms with Crippen LogP contribution in [0.2, 0.25) is 0 Å². The minimum Gasteiger partial charge on any atom is -0.369 e. The van der Waals surface area contributed by atoms with Gasteiger partial charge in [0.2, 0.25) is 0 Å². The summed E-state index contributed by atoms with van der Waals surface area (Å²) in [4.78, 5) is 4.67. The molecule has 0 saturated carbocycles. The van der Waals surface area contributed by atoms with E-state index < -0.39 is 0 Å². The second-order valence-corrected chi connectivity index (χ2v) is 6.35. The Labute approximate surface area is 119 Å². The number of aromatic nitrogens is 1. The van der Waals surface area contributed by atoms with Crippen molar-refractivity contribution in [2.24, 2.45) is 0 Å². The van der Waals surface area contributed by atoms with Gasteiger partial charge >= 0.3 is 0 Å². The van der Waals surface area contributed by atoms with Gasteiger partial charge in [-0.05, 0) is 50.0 Å². The molecule has 0 aromatic carbocycles. The normalized spacial score (nSPS) is 15.4. The molecule has 2 rings (SSSR count). The van der Waals surface area contributed by atoms with Crippen molar-refractivity contribution in [3.05, 3.63) is 22.9 Å². The predicted octanol–water partition coefficient (Wildman–Crippen LogP) is 3.39. The van der Waals surface area contributed by atoms with Crippen LogP contribution in [-0.2, 0) is 12.8 Å². The lowest BCUT2D eigenvalue weighted by atomic mass is 9.95. The van der Waals surface area contributed by atoms with Gasteiger partial charge in [-0.3, -0.25) is 0 Å². The summed E-state index contributed by atoms with van der Waals surface area (Å²) in [7, 11) is 0. The molecule has 1 aliphatic carbocycles. The van der Waals surface area contributed by atoms with E-state index >= 15 is 0 Å². The summed E-state index contributed by atoms with van der Waals surface area (Å²) >= 11 is 1.87. The zero-order valence-electron chi connectivity index (χ0n) is 11.7. The highest BCUT2D eigenvalue weighted by Gasteiger charge is 2.14. The van der Waals surface area contributed by atoms with Gasteiger partial charge in [0, 0.05) is 17.5 Å². The third kappa shape index (κ3) is 3.63. The van der Waals surface area contributed by atoms with Crippen molar-refractivity contribution in [3.63, 3.8) is 0 Å². The Morgan fingerprint density at radius 2 is 2.26 bits per heavy atom. The standard InChI is InChI=1S/C15H21N3S/c1-11(19-2)7-8-17-15-13(10-16)9-12-5-3-4-6-14(12)18-15/h9,11H,3-8H2,1-2H3,(H,17,18). The third-order valence-corrected chi connectivity index (χ3v) is 4.71. The van der Waals surface area contributed by atoms with E-state index in [1.807, 2.05) is 17.8 Å².